The molecule has 15 heavy (non-hydrogen) atoms. The SMILES string of the molecule is C=CC(=CC)C1=CCC(C)C(C=CC)=C1. The second kappa shape index (κ2) is 5.55. The van der Waals surface area contributed by atoms with E-state index in [9.17, 15) is 0 Å². The van der Waals surface area contributed by atoms with Crippen LogP contribution < -0.4 is 0 Å². The van der Waals surface area contributed by atoms with Gasteiger partial charge < -0.3 is 0 Å². The van der Waals surface area contributed by atoms with Crippen LogP contribution in [0, 0.1) is 5.92 Å². The number of allylic oxidation sites excluding steroid dienone is 9. The van der Waals surface area contributed by atoms with Crippen LogP contribution >= 0.6 is 0 Å². The molecule has 1 atom stereocenters. The Hall–Kier alpha value is -1.30. The van der Waals surface area contributed by atoms with Crippen molar-refractivity contribution >= 4 is 0 Å². The van der Waals surface area contributed by atoms with Crippen LogP contribution in [0.4, 0.5) is 0 Å². The fraction of sp³-hybridized carbons (Fsp3) is 0.333. The van der Waals surface area contributed by atoms with Crippen molar-refractivity contribution in [3.63, 3.8) is 0 Å². The molecule has 1 aliphatic carbocycles. The molecule has 0 spiro atoms. The highest BCUT2D eigenvalue weighted by molar-refractivity contribution is 5.50. The molecular weight excluding hydrogens is 180 g/mol. The lowest BCUT2D eigenvalue weighted by Gasteiger charge is -2.18. The second-order valence-corrected chi connectivity index (χ2v) is 3.89. The molecule has 0 aromatic rings. The van der Waals surface area contributed by atoms with Gasteiger partial charge in [-0.2, -0.15) is 0 Å². The predicted octanol–water partition coefficient (Wildman–Crippen LogP) is 4.59. The third-order valence-electron chi connectivity index (χ3n) is 2.81. The summed E-state index contributed by atoms with van der Waals surface area (Å²) in [6, 6.07) is 0. The summed E-state index contributed by atoms with van der Waals surface area (Å²) in [5.41, 5.74) is 3.94. The fourth-order valence-electron chi connectivity index (χ4n) is 1.83. The van der Waals surface area contributed by atoms with Crippen LogP contribution in [0.15, 0.2) is 59.8 Å². The van der Waals surface area contributed by atoms with Crippen molar-refractivity contribution in [2.45, 2.75) is 27.2 Å². The van der Waals surface area contributed by atoms with Gasteiger partial charge in [0.15, 0.2) is 0 Å². The molecule has 0 aromatic heterocycles. The zero-order chi connectivity index (χ0) is 11.3. The minimum atomic E-state index is 0.632. The summed E-state index contributed by atoms with van der Waals surface area (Å²) in [4.78, 5) is 0. The third kappa shape index (κ3) is 2.82. The van der Waals surface area contributed by atoms with Crippen molar-refractivity contribution in [3.05, 3.63) is 59.8 Å². The molecule has 0 radical (unpaired) electrons. The van der Waals surface area contributed by atoms with Crippen molar-refractivity contribution in [2.75, 3.05) is 0 Å². The second-order valence-electron chi connectivity index (χ2n) is 3.89. The molecule has 0 saturated heterocycles. The van der Waals surface area contributed by atoms with Gasteiger partial charge in [-0.25, -0.2) is 0 Å². The lowest BCUT2D eigenvalue weighted by Crippen LogP contribution is -2.02. The average molecular weight is 200 g/mol. The Bertz CT molecular complexity index is 348. The maximum atomic E-state index is 3.84. The molecule has 0 saturated carbocycles. The molecule has 0 bridgehead atoms. The van der Waals surface area contributed by atoms with Crippen LogP contribution in [0.25, 0.3) is 0 Å². The van der Waals surface area contributed by atoms with Crippen molar-refractivity contribution in [1.29, 1.82) is 0 Å². The largest absolute Gasteiger partial charge is 0.0985 e. The van der Waals surface area contributed by atoms with E-state index in [4.69, 9.17) is 0 Å². The summed E-state index contributed by atoms with van der Waals surface area (Å²) >= 11 is 0. The molecule has 1 aliphatic rings. The van der Waals surface area contributed by atoms with Crippen molar-refractivity contribution < 1.29 is 0 Å². The van der Waals surface area contributed by atoms with Gasteiger partial charge in [0.1, 0.15) is 0 Å². The molecule has 0 N–H and O–H groups in total. The lowest BCUT2D eigenvalue weighted by atomic mass is 9.87. The number of hydrogen-bond donors (Lipinski definition) is 0. The first-order chi connectivity index (χ1) is 7.22. The number of rotatable bonds is 3. The third-order valence-corrected chi connectivity index (χ3v) is 2.81. The van der Waals surface area contributed by atoms with E-state index in [1.807, 2.05) is 6.08 Å². The molecule has 0 heterocycles. The molecule has 0 nitrogen and oxygen atoms in total. The zero-order valence-corrected chi connectivity index (χ0v) is 9.96. The zero-order valence-electron chi connectivity index (χ0n) is 9.96. The first-order valence-electron chi connectivity index (χ1n) is 5.56. The summed E-state index contributed by atoms with van der Waals surface area (Å²) in [6.07, 6.45) is 14.0. The minimum absolute atomic E-state index is 0.632. The van der Waals surface area contributed by atoms with Crippen LogP contribution in [-0.2, 0) is 0 Å². The molecule has 0 fully saturated rings. The lowest BCUT2D eigenvalue weighted by molar-refractivity contribution is 0.699. The average Bonchev–Trinajstić information content (AvgIpc) is 2.25. The van der Waals surface area contributed by atoms with Crippen molar-refractivity contribution in [3.8, 4) is 0 Å². The maximum absolute atomic E-state index is 3.84. The van der Waals surface area contributed by atoms with Crippen LogP contribution in [0.3, 0.4) is 0 Å². The maximum Gasteiger partial charge on any atom is -0.0155 e. The van der Waals surface area contributed by atoms with Gasteiger partial charge >= 0.3 is 0 Å². The first kappa shape index (κ1) is 11.8. The fourth-order valence-corrected chi connectivity index (χ4v) is 1.83. The van der Waals surface area contributed by atoms with Gasteiger partial charge in [-0.3, -0.25) is 0 Å². The topological polar surface area (TPSA) is 0 Å². The molecule has 1 rings (SSSR count). The van der Waals surface area contributed by atoms with Gasteiger partial charge in [-0.15, -0.1) is 0 Å². The smallest absolute Gasteiger partial charge is 0.0155 e. The molecule has 80 valence electrons. The van der Waals surface area contributed by atoms with Gasteiger partial charge in [0, 0.05) is 0 Å². The summed E-state index contributed by atoms with van der Waals surface area (Å²) in [7, 11) is 0. The highest BCUT2D eigenvalue weighted by Crippen LogP contribution is 2.28. The minimum Gasteiger partial charge on any atom is -0.0985 e. The summed E-state index contributed by atoms with van der Waals surface area (Å²) in [5.74, 6) is 0.632. The van der Waals surface area contributed by atoms with E-state index in [1.54, 1.807) is 0 Å². The van der Waals surface area contributed by atoms with E-state index in [0.29, 0.717) is 5.92 Å². The van der Waals surface area contributed by atoms with Crippen LogP contribution in [0.2, 0.25) is 0 Å². The molecule has 0 amide bonds. The van der Waals surface area contributed by atoms with Crippen LogP contribution in [-0.4, -0.2) is 0 Å². The Morgan fingerprint density at radius 2 is 2.20 bits per heavy atom. The molecular formula is C15H20. The normalized spacial score (nSPS) is 22.6. The Morgan fingerprint density at radius 1 is 1.47 bits per heavy atom. The van der Waals surface area contributed by atoms with E-state index >= 15 is 0 Å². The quantitative estimate of drug-likeness (QED) is 0.585. The van der Waals surface area contributed by atoms with Crippen LogP contribution in [0.1, 0.15) is 27.2 Å². The molecule has 1 unspecified atom stereocenters. The Morgan fingerprint density at radius 3 is 2.73 bits per heavy atom. The monoisotopic (exact) mass is 200 g/mol. The first-order valence-corrected chi connectivity index (χ1v) is 5.56. The van der Waals surface area contributed by atoms with Crippen molar-refractivity contribution in [1.82, 2.24) is 0 Å². The Labute approximate surface area is 93.4 Å². The van der Waals surface area contributed by atoms with E-state index in [-0.39, 0.29) is 0 Å². The van der Waals surface area contributed by atoms with E-state index in [0.717, 1.165) is 6.42 Å². The summed E-state index contributed by atoms with van der Waals surface area (Å²) < 4.78 is 0. The summed E-state index contributed by atoms with van der Waals surface area (Å²) in [6.45, 7) is 10.2. The standard InChI is InChI=1S/C15H20/c1-5-8-14-11-15(10-9-12(14)4)13(6-2)7-3/h5-8,10-12H,2,9H2,1,3-4H3. The molecule has 0 aliphatic heterocycles. The van der Waals surface area contributed by atoms with Crippen molar-refractivity contribution in [2.24, 2.45) is 5.92 Å². The molecule has 0 heteroatoms. The van der Waals surface area contributed by atoms with Gasteiger partial charge in [0.05, 0.1) is 0 Å². The van der Waals surface area contributed by atoms with E-state index < -0.39 is 0 Å². The van der Waals surface area contributed by atoms with Gasteiger partial charge in [0.25, 0.3) is 0 Å². The van der Waals surface area contributed by atoms with E-state index in [2.05, 4.69) is 57.7 Å². The van der Waals surface area contributed by atoms with Crippen LogP contribution in [0.5, 0.6) is 0 Å². The van der Waals surface area contributed by atoms with Gasteiger partial charge in [-0.1, -0.05) is 50.0 Å². The summed E-state index contributed by atoms with van der Waals surface area (Å²) in [5, 5.41) is 0. The van der Waals surface area contributed by atoms with Gasteiger partial charge in [0.2, 0.25) is 0 Å². The number of hydrogen-bond acceptors (Lipinski definition) is 0. The van der Waals surface area contributed by atoms with E-state index in [1.165, 1.54) is 16.7 Å². The molecule has 0 aromatic carbocycles. The predicted molar refractivity (Wildman–Crippen MR) is 68.7 cm³/mol. The highest BCUT2D eigenvalue weighted by Gasteiger charge is 2.11. The Kier molecular flexibility index (Phi) is 4.36. The van der Waals surface area contributed by atoms with Gasteiger partial charge in [-0.05, 0) is 42.9 Å². The highest BCUT2D eigenvalue weighted by atomic mass is 14.2. The Balaban J connectivity index is 3.00.